The van der Waals surface area contributed by atoms with Crippen molar-refractivity contribution < 1.29 is 42.7 Å². The molecule has 0 saturated carbocycles. The van der Waals surface area contributed by atoms with Crippen LogP contribution in [-0.2, 0) is 62.6 Å². The van der Waals surface area contributed by atoms with Crippen LogP contribution in [0.1, 0.15) is 30.5 Å². The molecule has 0 aliphatic carbocycles. The van der Waals surface area contributed by atoms with Crippen LogP contribution in [0.15, 0.2) is 91.0 Å². The first kappa shape index (κ1) is 31.3. The summed E-state index contributed by atoms with van der Waals surface area (Å²) in [5.74, 6) is -1.04. The lowest BCUT2D eigenvalue weighted by molar-refractivity contribution is -0.332. The number of hydrogen-bond donors (Lipinski definition) is 0. The molecule has 1 saturated heterocycles. The van der Waals surface area contributed by atoms with Gasteiger partial charge in [0.1, 0.15) is 31.0 Å². The number of hydrogen-bond acceptors (Lipinski definition) is 9. The number of benzene rings is 3. The summed E-state index contributed by atoms with van der Waals surface area (Å²) in [6.07, 6.45) is -5.10. The summed E-state index contributed by atoms with van der Waals surface area (Å²) in [5, 5.41) is 0. The van der Waals surface area contributed by atoms with Crippen molar-refractivity contribution in [2.24, 2.45) is 0 Å². The second-order valence-corrected chi connectivity index (χ2v) is 9.93. The van der Waals surface area contributed by atoms with Gasteiger partial charge in [-0.1, -0.05) is 91.0 Å². The van der Waals surface area contributed by atoms with E-state index in [-0.39, 0.29) is 26.4 Å². The molecule has 0 amide bonds. The topological polar surface area (TPSA) is 98.8 Å². The molecule has 0 N–H and O–H groups in total. The Morgan fingerprint density at radius 2 is 1.17 bits per heavy atom. The number of carbonyl (C=O) groups excluding carboxylic acids is 2. The number of carbonyl (C=O) groups is 2. The fraction of sp³-hybridized carbons (Fsp3) is 0.394. The van der Waals surface area contributed by atoms with E-state index in [1.54, 1.807) is 6.92 Å². The molecule has 1 aliphatic heterocycles. The zero-order valence-electron chi connectivity index (χ0n) is 24.1. The molecular weight excluding hydrogens is 540 g/mol. The van der Waals surface area contributed by atoms with Gasteiger partial charge >= 0.3 is 11.9 Å². The predicted molar refractivity (Wildman–Crippen MR) is 153 cm³/mol. The van der Waals surface area contributed by atoms with Gasteiger partial charge < -0.3 is 33.2 Å². The van der Waals surface area contributed by atoms with Gasteiger partial charge in [0, 0.05) is 6.92 Å². The summed E-state index contributed by atoms with van der Waals surface area (Å²) < 4.78 is 42.1. The van der Waals surface area contributed by atoms with Gasteiger partial charge in [0.05, 0.1) is 26.9 Å². The van der Waals surface area contributed by atoms with Crippen molar-refractivity contribution in [2.75, 3.05) is 13.7 Å². The van der Waals surface area contributed by atoms with Crippen molar-refractivity contribution in [1.29, 1.82) is 0 Å². The van der Waals surface area contributed by atoms with E-state index in [4.69, 9.17) is 33.2 Å². The van der Waals surface area contributed by atoms with Gasteiger partial charge in [-0.25, -0.2) is 4.79 Å². The van der Waals surface area contributed by atoms with Crippen LogP contribution in [0.5, 0.6) is 0 Å². The number of esters is 2. The molecule has 0 bridgehead atoms. The minimum absolute atomic E-state index is 0.113. The first-order valence-electron chi connectivity index (χ1n) is 13.9. The van der Waals surface area contributed by atoms with E-state index in [1.807, 2.05) is 91.0 Å². The zero-order chi connectivity index (χ0) is 29.7. The van der Waals surface area contributed by atoms with Crippen LogP contribution < -0.4 is 0 Å². The zero-order valence-corrected chi connectivity index (χ0v) is 24.1. The summed E-state index contributed by atoms with van der Waals surface area (Å²) in [7, 11) is 1.29. The molecule has 6 atom stereocenters. The highest BCUT2D eigenvalue weighted by molar-refractivity contribution is 5.73. The lowest BCUT2D eigenvalue weighted by atomic mass is 9.97. The van der Waals surface area contributed by atoms with Gasteiger partial charge in [-0.15, -0.1) is 0 Å². The highest BCUT2D eigenvalue weighted by Crippen LogP contribution is 2.32. The third-order valence-corrected chi connectivity index (χ3v) is 6.77. The average Bonchev–Trinajstić information content (AvgIpc) is 3.02. The van der Waals surface area contributed by atoms with Crippen molar-refractivity contribution in [1.82, 2.24) is 0 Å². The molecule has 9 nitrogen and oxygen atoms in total. The molecule has 1 fully saturated rings. The van der Waals surface area contributed by atoms with Crippen LogP contribution in [0, 0.1) is 0 Å². The molecule has 0 radical (unpaired) electrons. The summed E-state index contributed by atoms with van der Waals surface area (Å²) in [6, 6.07) is 29.1. The van der Waals surface area contributed by atoms with Gasteiger partial charge in [-0.3, -0.25) is 4.79 Å². The summed E-state index contributed by atoms with van der Waals surface area (Å²) in [5.41, 5.74) is 2.83. The molecule has 3 aromatic carbocycles. The lowest BCUT2D eigenvalue weighted by Crippen LogP contribution is -2.62. The molecule has 0 aromatic heterocycles. The molecule has 2 unspecified atom stereocenters. The first-order valence-corrected chi connectivity index (χ1v) is 13.9. The predicted octanol–water partition coefficient (Wildman–Crippen LogP) is 4.61. The van der Waals surface area contributed by atoms with Crippen LogP contribution >= 0.6 is 0 Å². The number of rotatable bonds is 14. The SMILES string of the molecule is COC(=O)[C@H](C)O[C@@H]1OC(COC(C)=O)[C@@H](OCc2ccccc2)[C@H](OCc2ccccc2)C1OCc1ccccc1. The highest BCUT2D eigenvalue weighted by Gasteiger charge is 2.50. The second kappa shape index (κ2) is 16.1. The Balaban J connectivity index is 1.67. The lowest BCUT2D eigenvalue weighted by Gasteiger charge is -2.46. The van der Waals surface area contributed by atoms with E-state index in [2.05, 4.69) is 0 Å². The van der Waals surface area contributed by atoms with Gasteiger partial charge in [0.2, 0.25) is 0 Å². The fourth-order valence-electron chi connectivity index (χ4n) is 4.61. The molecule has 224 valence electrons. The third-order valence-electron chi connectivity index (χ3n) is 6.77. The van der Waals surface area contributed by atoms with Gasteiger partial charge in [-0.05, 0) is 23.6 Å². The minimum atomic E-state index is -1.07. The Bertz CT molecular complexity index is 1220. The maximum Gasteiger partial charge on any atom is 0.334 e. The van der Waals surface area contributed by atoms with Crippen LogP contribution in [0.4, 0.5) is 0 Å². The van der Waals surface area contributed by atoms with Crippen molar-refractivity contribution in [3.05, 3.63) is 108 Å². The Hall–Kier alpha value is -3.60. The largest absolute Gasteiger partial charge is 0.467 e. The Kier molecular flexibility index (Phi) is 12.0. The van der Waals surface area contributed by atoms with E-state index < -0.39 is 48.7 Å². The van der Waals surface area contributed by atoms with E-state index in [0.717, 1.165) is 16.7 Å². The minimum Gasteiger partial charge on any atom is -0.467 e. The summed E-state index contributed by atoms with van der Waals surface area (Å²) in [4.78, 5) is 24.1. The molecule has 1 aliphatic rings. The molecule has 4 rings (SSSR count). The molecule has 0 spiro atoms. The number of methoxy groups -OCH3 is 1. The second-order valence-electron chi connectivity index (χ2n) is 9.93. The van der Waals surface area contributed by atoms with E-state index >= 15 is 0 Å². The smallest absolute Gasteiger partial charge is 0.334 e. The Labute approximate surface area is 246 Å². The normalized spacial score (nSPS) is 22.7. The van der Waals surface area contributed by atoms with Gasteiger partial charge in [0.15, 0.2) is 12.4 Å². The van der Waals surface area contributed by atoms with Gasteiger partial charge in [0.25, 0.3) is 0 Å². The Morgan fingerprint density at radius 1 is 0.714 bits per heavy atom. The maximum atomic E-state index is 12.3. The molecular formula is C33H38O9. The van der Waals surface area contributed by atoms with Crippen molar-refractivity contribution in [3.63, 3.8) is 0 Å². The molecule has 3 aromatic rings. The van der Waals surface area contributed by atoms with Crippen molar-refractivity contribution in [3.8, 4) is 0 Å². The molecule has 9 heteroatoms. The standard InChI is InChI=1S/C33H38O9/c1-23(32(35)36-3)41-33-31(40-21-27-17-11-6-12-18-27)30(39-20-26-15-9-5-10-16-26)29(28(42-33)22-37-24(2)34)38-19-25-13-7-4-8-14-25/h4-18,23,28-31,33H,19-22H2,1-3H3/t23-,28?,29+,30-,31?,33+/m0/s1. The third kappa shape index (κ3) is 9.20. The summed E-state index contributed by atoms with van der Waals surface area (Å²) >= 11 is 0. The summed E-state index contributed by atoms with van der Waals surface area (Å²) in [6.45, 7) is 3.52. The maximum absolute atomic E-state index is 12.3. The van der Waals surface area contributed by atoms with Gasteiger partial charge in [-0.2, -0.15) is 0 Å². The Morgan fingerprint density at radius 3 is 1.62 bits per heavy atom. The van der Waals surface area contributed by atoms with E-state index in [9.17, 15) is 9.59 Å². The number of ether oxygens (including phenoxy) is 7. The molecule has 42 heavy (non-hydrogen) atoms. The van der Waals surface area contributed by atoms with Crippen molar-refractivity contribution >= 4 is 11.9 Å². The quantitative estimate of drug-likeness (QED) is 0.254. The monoisotopic (exact) mass is 578 g/mol. The van der Waals surface area contributed by atoms with Crippen molar-refractivity contribution in [2.45, 2.75) is 70.5 Å². The van der Waals surface area contributed by atoms with Crippen LogP contribution in [-0.4, -0.2) is 62.5 Å². The van der Waals surface area contributed by atoms with Crippen LogP contribution in [0.25, 0.3) is 0 Å². The van der Waals surface area contributed by atoms with E-state index in [1.165, 1.54) is 14.0 Å². The fourth-order valence-corrected chi connectivity index (χ4v) is 4.61. The first-order chi connectivity index (χ1) is 20.4. The highest BCUT2D eigenvalue weighted by atomic mass is 16.7. The van der Waals surface area contributed by atoms with Crippen LogP contribution in [0.3, 0.4) is 0 Å². The average molecular weight is 579 g/mol. The van der Waals surface area contributed by atoms with E-state index in [0.29, 0.717) is 0 Å². The van der Waals surface area contributed by atoms with Crippen LogP contribution in [0.2, 0.25) is 0 Å². The molecule has 1 heterocycles.